The third-order valence-corrected chi connectivity index (χ3v) is 6.50. The predicted octanol–water partition coefficient (Wildman–Crippen LogP) is 6.47. The molecule has 4 heteroatoms. The maximum absolute atomic E-state index is 6.37. The molecule has 0 unspecified atom stereocenters. The zero-order valence-corrected chi connectivity index (χ0v) is 17.1. The molecule has 3 heterocycles. The Kier molecular flexibility index (Phi) is 6.45. The zero-order chi connectivity index (χ0) is 19.2. The number of nitrogen functional groups attached to an aromatic ring is 1. The second-order valence-electron chi connectivity index (χ2n) is 8.53. The van der Waals surface area contributed by atoms with Crippen molar-refractivity contribution < 1.29 is 0 Å². The summed E-state index contributed by atoms with van der Waals surface area (Å²) in [6.45, 7) is 0. The van der Waals surface area contributed by atoms with E-state index in [9.17, 15) is 0 Å². The summed E-state index contributed by atoms with van der Waals surface area (Å²) in [4.78, 5) is 9.31. The van der Waals surface area contributed by atoms with Crippen LogP contribution in [0.15, 0.2) is 30.6 Å². The molecule has 150 valence electrons. The summed E-state index contributed by atoms with van der Waals surface area (Å²) in [7, 11) is 0. The van der Waals surface area contributed by atoms with Gasteiger partial charge >= 0.3 is 0 Å². The second-order valence-corrected chi connectivity index (χ2v) is 8.53. The molecule has 0 bridgehead atoms. The van der Waals surface area contributed by atoms with Crippen molar-refractivity contribution in [2.75, 3.05) is 5.84 Å². The lowest BCUT2D eigenvalue weighted by atomic mass is 9.90. The van der Waals surface area contributed by atoms with Gasteiger partial charge in [0.15, 0.2) is 5.65 Å². The van der Waals surface area contributed by atoms with E-state index in [0.29, 0.717) is 5.92 Å². The molecular weight excluding hydrogens is 344 g/mol. The van der Waals surface area contributed by atoms with Gasteiger partial charge in [-0.3, -0.25) is 4.98 Å². The Labute approximate surface area is 168 Å². The van der Waals surface area contributed by atoms with Gasteiger partial charge in [0.2, 0.25) is 0 Å². The number of pyridine rings is 2. The molecule has 0 radical (unpaired) electrons. The van der Waals surface area contributed by atoms with Crippen molar-refractivity contribution in [3.05, 3.63) is 36.3 Å². The molecule has 0 aromatic carbocycles. The van der Waals surface area contributed by atoms with Crippen molar-refractivity contribution in [3.8, 4) is 0 Å². The van der Waals surface area contributed by atoms with E-state index in [0.717, 1.165) is 21.9 Å². The number of fused-ring (bicyclic) bond motifs is 3. The van der Waals surface area contributed by atoms with E-state index >= 15 is 0 Å². The average molecular weight is 379 g/mol. The van der Waals surface area contributed by atoms with Gasteiger partial charge in [0, 0.05) is 34.8 Å². The molecule has 2 N–H and O–H groups in total. The molecular formula is C24H34N4. The van der Waals surface area contributed by atoms with Crippen molar-refractivity contribution >= 4 is 21.9 Å². The van der Waals surface area contributed by atoms with E-state index < -0.39 is 0 Å². The van der Waals surface area contributed by atoms with E-state index in [4.69, 9.17) is 10.8 Å². The first-order valence-electron chi connectivity index (χ1n) is 11.3. The van der Waals surface area contributed by atoms with Gasteiger partial charge in [-0.05, 0) is 31.0 Å². The zero-order valence-electron chi connectivity index (χ0n) is 17.1. The minimum Gasteiger partial charge on any atom is -0.337 e. The van der Waals surface area contributed by atoms with E-state index in [1.165, 1.54) is 89.2 Å². The fraction of sp³-hybridized carbons (Fsp3) is 0.583. The van der Waals surface area contributed by atoms with Gasteiger partial charge in [0.1, 0.15) is 0 Å². The fourth-order valence-corrected chi connectivity index (χ4v) is 4.82. The van der Waals surface area contributed by atoms with Gasteiger partial charge < -0.3 is 5.84 Å². The van der Waals surface area contributed by atoms with Crippen molar-refractivity contribution in [3.63, 3.8) is 0 Å². The summed E-state index contributed by atoms with van der Waals surface area (Å²) in [6.07, 6.45) is 21.5. The third-order valence-electron chi connectivity index (χ3n) is 6.50. The molecule has 0 atom stereocenters. The maximum atomic E-state index is 6.37. The van der Waals surface area contributed by atoms with Gasteiger partial charge in [0.25, 0.3) is 0 Å². The molecule has 1 aliphatic rings. The van der Waals surface area contributed by atoms with Crippen molar-refractivity contribution in [2.24, 2.45) is 0 Å². The molecule has 1 fully saturated rings. The van der Waals surface area contributed by atoms with Gasteiger partial charge in [-0.1, -0.05) is 70.6 Å². The van der Waals surface area contributed by atoms with Crippen LogP contribution in [0.25, 0.3) is 21.9 Å². The molecule has 4 nitrogen and oxygen atoms in total. The summed E-state index contributed by atoms with van der Waals surface area (Å²) >= 11 is 0. The molecule has 0 amide bonds. The van der Waals surface area contributed by atoms with Gasteiger partial charge in [-0.25, -0.2) is 9.66 Å². The highest BCUT2D eigenvalue weighted by atomic mass is 15.3. The summed E-state index contributed by atoms with van der Waals surface area (Å²) < 4.78 is 1.74. The summed E-state index contributed by atoms with van der Waals surface area (Å²) in [5, 5.41) is 2.19. The Morgan fingerprint density at radius 2 is 1.36 bits per heavy atom. The van der Waals surface area contributed by atoms with Gasteiger partial charge in [-0.2, -0.15) is 0 Å². The summed E-state index contributed by atoms with van der Waals surface area (Å²) in [6, 6.07) is 6.41. The number of hydrogen-bond donors (Lipinski definition) is 1. The van der Waals surface area contributed by atoms with Gasteiger partial charge in [0.05, 0.1) is 5.52 Å². The molecule has 1 aliphatic carbocycles. The first kappa shape index (κ1) is 19.2. The van der Waals surface area contributed by atoms with Crippen LogP contribution >= 0.6 is 0 Å². The molecule has 0 spiro atoms. The van der Waals surface area contributed by atoms with E-state index in [1.54, 1.807) is 10.9 Å². The van der Waals surface area contributed by atoms with Crippen molar-refractivity contribution in [2.45, 2.75) is 89.4 Å². The Morgan fingerprint density at radius 3 is 2.00 bits per heavy atom. The lowest BCUT2D eigenvalue weighted by molar-refractivity contribution is 0.466. The van der Waals surface area contributed by atoms with E-state index in [2.05, 4.69) is 17.1 Å². The van der Waals surface area contributed by atoms with Crippen LogP contribution in [0.5, 0.6) is 0 Å². The fourth-order valence-electron chi connectivity index (χ4n) is 4.82. The normalized spacial score (nSPS) is 19.0. The van der Waals surface area contributed by atoms with Crippen LogP contribution in [0.4, 0.5) is 0 Å². The smallest absolute Gasteiger partial charge is 0.159 e. The van der Waals surface area contributed by atoms with Crippen LogP contribution in [-0.2, 0) is 0 Å². The highest BCUT2D eigenvalue weighted by Crippen LogP contribution is 2.31. The second kappa shape index (κ2) is 9.40. The van der Waals surface area contributed by atoms with E-state index in [-0.39, 0.29) is 0 Å². The SMILES string of the molecule is Nn1c2ccncc2c2ccc(C3CCCCCCCCCCCCC3)nc21. The average Bonchev–Trinajstić information content (AvgIpc) is 3.02. The number of nitrogens with two attached hydrogens (primary N) is 1. The summed E-state index contributed by atoms with van der Waals surface area (Å²) in [5.41, 5.74) is 3.11. The standard InChI is InChI=1S/C24H34N4/c25-28-23-16-17-26-18-21(23)20-14-15-22(27-24(20)28)19-12-10-8-6-4-2-1-3-5-7-9-11-13-19/h14-19H,1-13,25H2. The number of rotatable bonds is 1. The summed E-state index contributed by atoms with van der Waals surface area (Å²) in [5.74, 6) is 6.93. The molecule has 3 aromatic heterocycles. The van der Waals surface area contributed by atoms with Crippen LogP contribution in [0.1, 0.15) is 95.1 Å². The molecule has 1 saturated carbocycles. The molecule has 0 saturated heterocycles. The van der Waals surface area contributed by atoms with Crippen LogP contribution in [-0.4, -0.2) is 14.6 Å². The third kappa shape index (κ3) is 4.31. The number of aromatic nitrogens is 3. The lowest BCUT2D eigenvalue weighted by Crippen LogP contribution is -2.10. The first-order valence-corrected chi connectivity index (χ1v) is 11.3. The monoisotopic (exact) mass is 378 g/mol. The predicted molar refractivity (Wildman–Crippen MR) is 118 cm³/mol. The quantitative estimate of drug-likeness (QED) is 0.494. The van der Waals surface area contributed by atoms with Crippen LogP contribution in [0.2, 0.25) is 0 Å². The maximum Gasteiger partial charge on any atom is 0.159 e. The highest BCUT2D eigenvalue weighted by Gasteiger charge is 2.17. The van der Waals surface area contributed by atoms with Gasteiger partial charge in [-0.15, -0.1) is 0 Å². The van der Waals surface area contributed by atoms with E-state index in [1.807, 2.05) is 12.3 Å². The molecule has 4 rings (SSSR count). The number of hydrogen-bond acceptors (Lipinski definition) is 3. The molecule has 3 aromatic rings. The van der Waals surface area contributed by atoms with Crippen LogP contribution in [0.3, 0.4) is 0 Å². The minimum atomic E-state index is 0.559. The first-order chi connectivity index (χ1) is 13.8. The Morgan fingerprint density at radius 1 is 0.750 bits per heavy atom. The Bertz CT molecular complexity index is 884. The lowest BCUT2D eigenvalue weighted by Gasteiger charge is -2.17. The highest BCUT2D eigenvalue weighted by molar-refractivity contribution is 6.06. The number of nitrogens with zero attached hydrogens (tertiary/aromatic N) is 3. The topological polar surface area (TPSA) is 56.7 Å². The van der Waals surface area contributed by atoms with Crippen molar-refractivity contribution in [1.82, 2.24) is 14.6 Å². The Hall–Kier alpha value is -2.10. The van der Waals surface area contributed by atoms with Crippen LogP contribution < -0.4 is 5.84 Å². The Balaban J connectivity index is 1.56. The van der Waals surface area contributed by atoms with Crippen LogP contribution in [0, 0.1) is 0 Å². The molecule has 28 heavy (non-hydrogen) atoms. The largest absolute Gasteiger partial charge is 0.337 e. The minimum absolute atomic E-state index is 0.559. The molecule has 0 aliphatic heterocycles. The van der Waals surface area contributed by atoms with Crippen molar-refractivity contribution in [1.29, 1.82) is 0 Å².